The van der Waals surface area contributed by atoms with E-state index in [0.29, 0.717) is 34.8 Å². The van der Waals surface area contributed by atoms with Crippen molar-refractivity contribution in [2.24, 2.45) is 0 Å². The Bertz CT molecular complexity index is 1300. The fourth-order valence-electron chi connectivity index (χ4n) is 4.45. The van der Waals surface area contributed by atoms with Gasteiger partial charge in [0, 0.05) is 16.5 Å². The molecule has 2 heterocycles. The van der Waals surface area contributed by atoms with Crippen LogP contribution in [0.5, 0.6) is 5.75 Å². The van der Waals surface area contributed by atoms with E-state index in [1.54, 1.807) is 32.0 Å². The first-order chi connectivity index (χ1) is 16.7. The highest BCUT2D eigenvalue weighted by Crippen LogP contribution is 2.44. The summed E-state index contributed by atoms with van der Waals surface area (Å²) < 4.78 is 25.1. The zero-order valence-electron chi connectivity index (χ0n) is 21.4. The van der Waals surface area contributed by atoms with E-state index >= 15 is 0 Å². The normalized spacial score (nSPS) is 18.9. The van der Waals surface area contributed by atoms with Gasteiger partial charge in [0.1, 0.15) is 28.4 Å². The van der Waals surface area contributed by atoms with E-state index in [-0.39, 0.29) is 5.82 Å². The molecular weight excluding hydrogens is 483 g/mol. The molecule has 0 bridgehead atoms. The van der Waals surface area contributed by atoms with E-state index in [1.165, 1.54) is 12.1 Å². The van der Waals surface area contributed by atoms with Crippen LogP contribution in [0.4, 0.5) is 9.18 Å². The second-order valence-corrected chi connectivity index (χ2v) is 11.2. The molecule has 3 aromatic rings. The molecule has 1 aliphatic heterocycles. The minimum absolute atomic E-state index is 0.267. The van der Waals surface area contributed by atoms with Crippen molar-refractivity contribution in [3.05, 3.63) is 69.6 Å². The van der Waals surface area contributed by atoms with Gasteiger partial charge in [-0.15, -0.1) is 0 Å². The lowest BCUT2D eigenvalue weighted by Gasteiger charge is -2.41. The van der Waals surface area contributed by atoms with E-state index in [4.69, 9.17) is 21.1 Å². The number of alkyl carbamates (subject to hydrolysis) is 1. The lowest BCUT2D eigenvalue weighted by atomic mass is 9.87. The number of benzene rings is 2. The molecule has 36 heavy (non-hydrogen) atoms. The van der Waals surface area contributed by atoms with Crippen molar-refractivity contribution < 1.29 is 23.8 Å². The van der Waals surface area contributed by atoms with Crippen molar-refractivity contribution in [1.29, 1.82) is 0 Å². The predicted octanol–water partition coefficient (Wildman–Crippen LogP) is 6.22. The third kappa shape index (κ3) is 5.42. The fraction of sp³-hybridized carbons (Fsp3) is 0.429. The number of aliphatic hydroxyl groups excluding tert-OH is 1. The smallest absolute Gasteiger partial charge is 0.408 e. The van der Waals surface area contributed by atoms with Gasteiger partial charge in [0.15, 0.2) is 6.10 Å². The van der Waals surface area contributed by atoms with Gasteiger partial charge in [-0.1, -0.05) is 23.7 Å². The SMILES string of the molecule is Cc1c(CCc2ccc(F)cc2)c(Cl)nc2cc3c(cc12)OC(C)(C)[C@H](O)[C@H]3OC(=O)NC(C)(C)C. The number of aromatic nitrogens is 1. The Morgan fingerprint density at radius 2 is 1.89 bits per heavy atom. The molecule has 4 rings (SSSR count). The van der Waals surface area contributed by atoms with Gasteiger partial charge in [-0.2, -0.15) is 0 Å². The fourth-order valence-corrected chi connectivity index (χ4v) is 4.77. The molecule has 2 atom stereocenters. The monoisotopic (exact) mass is 514 g/mol. The van der Waals surface area contributed by atoms with Crippen LogP contribution < -0.4 is 10.1 Å². The van der Waals surface area contributed by atoms with Gasteiger partial charge >= 0.3 is 6.09 Å². The van der Waals surface area contributed by atoms with Crippen LogP contribution in [0.1, 0.15) is 63.0 Å². The van der Waals surface area contributed by atoms with Gasteiger partial charge in [0.25, 0.3) is 0 Å². The van der Waals surface area contributed by atoms with E-state index < -0.39 is 29.4 Å². The summed E-state index contributed by atoms with van der Waals surface area (Å²) in [5.41, 5.74) is 2.52. The minimum Gasteiger partial charge on any atom is -0.485 e. The highest BCUT2D eigenvalue weighted by molar-refractivity contribution is 6.30. The van der Waals surface area contributed by atoms with Crippen molar-refractivity contribution in [2.45, 2.75) is 77.7 Å². The highest BCUT2D eigenvalue weighted by atomic mass is 35.5. The van der Waals surface area contributed by atoms with Gasteiger partial charge in [-0.3, -0.25) is 0 Å². The summed E-state index contributed by atoms with van der Waals surface area (Å²) in [4.78, 5) is 17.2. The molecule has 1 amide bonds. The number of fused-ring (bicyclic) bond motifs is 2. The molecule has 0 spiro atoms. The zero-order chi connectivity index (χ0) is 26.4. The van der Waals surface area contributed by atoms with Crippen molar-refractivity contribution in [2.75, 3.05) is 0 Å². The number of carbonyl (C=O) groups is 1. The van der Waals surface area contributed by atoms with Crippen molar-refractivity contribution >= 4 is 28.6 Å². The number of hydrogen-bond acceptors (Lipinski definition) is 5. The average molecular weight is 515 g/mol. The summed E-state index contributed by atoms with van der Waals surface area (Å²) >= 11 is 6.60. The number of pyridine rings is 1. The van der Waals surface area contributed by atoms with Crippen LogP contribution in [0, 0.1) is 12.7 Å². The number of aryl methyl sites for hydroxylation is 2. The number of ether oxygens (including phenoxy) is 2. The second-order valence-electron chi connectivity index (χ2n) is 10.9. The first-order valence-electron chi connectivity index (χ1n) is 12.0. The first kappa shape index (κ1) is 26.2. The van der Waals surface area contributed by atoms with Gasteiger partial charge in [0.2, 0.25) is 0 Å². The molecule has 0 radical (unpaired) electrons. The van der Waals surface area contributed by atoms with Crippen LogP contribution in [0.3, 0.4) is 0 Å². The van der Waals surface area contributed by atoms with Crippen molar-refractivity contribution in [1.82, 2.24) is 10.3 Å². The average Bonchev–Trinajstić information content (AvgIpc) is 2.76. The maximum absolute atomic E-state index is 13.2. The van der Waals surface area contributed by atoms with Crippen LogP contribution in [0.15, 0.2) is 36.4 Å². The van der Waals surface area contributed by atoms with E-state index in [2.05, 4.69) is 10.3 Å². The van der Waals surface area contributed by atoms with Gasteiger partial charge in [-0.25, -0.2) is 14.2 Å². The Morgan fingerprint density at radius 1 is 1.22 bits per heavy atom. The minimum atomic E-state index is -1.10. The van der Waals surface area contributed by atoms with Crippen LogP contribution in [0.2, 0.25) is 5.15 Å². The number of rotatable bonds is 4. The third-order valence-electron chi connectivity index (χ3n) is 6.42. The van der Waals surface area contributed by atoms with Crippen molar-refractivity contribution in [3.8, 4) is 5.75 Å². The van der Waals surface area contributed by atoms with Gasteiger partial charge in [-0.05, 0) is 95.3 Å². The third-order valence-corrected chi connectivity index (χ3v) is 6.73. The number of amides is 1. The molecule has 0 unspecified atom stereocenters. The molecule has 192 valence electrons. The summed E-state index contributed by atoms with van der Waals surface area (Å²) in [6.07, 6.45) is -1.35. The summed E-state index contributed by atoms with van der Waals surface area (Å²) in [7, 11) is 0. The second kappa shape index (κ2) is 9.52. The van der Waals surface area contributed by atoms with Crippen molar-refractivity contribution in [3.63, 3.8) is 0 Å². The number of hydrogen-bond donors (Lipinski definition) is 2. The first-order valence-corrected chi connectivity index (χ1v) is 12.4. The number of carbonyl (C=O) groups excluding carboxylic acids is 1. The zero-order valence-corrected chi connectivity index (χ0v) is 22.2. The number of nitrogens with one attached hydrogen (secondary N) is 1. The lowest BCUT2D eigenvalue weighted by molar-refractivity contribution is -0.114. The quantitative estimate of drug-likeness (QED) is 0.404. The summed E-state index contributed by atoms with van der Waals surface area (Å²) in [6, 6.07) is 10.1. The van der Waals surface area contributed by atoms with Gasteiger partial charge in [0.05, 0.1) is 5.52 Å². The standard InChI is InChI=1S/C28H32ClFN2O4/c1-15-18(12-9-16-7-10-17(30)11-8-16)25(29)31-21-13-20-22(14-19(15)21)36-28(5,6)24(33)23(20)35-26(34)32-27(2,3)4/h7-8,10-11,13-14,23-24,33H,9,12H2,1-6H3,(H,32,34)/t23-,24+/m0/s1. The summed E-state index contributed by atoms with van der Waals surface area (Å²) in [6.45, 7) is 11.0. The molecular formula is C28H32ClFN2O4. The van der Waals surface area contributed by atoms with E-state index in [0.717, 1.165) is 22.1 Å². The number of aliphatic hydroxyl groups is 1. The van der Waals surface area contributed by atoms with Crippen LogP contribution in [-0.4, -0.2) is 33.4 Å². The molecule has 0 saturated carbocycles. The van der Waals surface area contributed by atoms with Crippen LogP contribution >= 0.6 is 11.6 Å². The molecule has 1 aliphatic rings. The Kier molecular flexibility index (Phi) is 6.92. The number of nitrogens with zero attached hydrogens (tertiary/aromatic N) is 1. The molecule has 6 nitrogen and oxygen atoms in total. The molecule has 0 aliphatic carbocycles. The largest absolute Gasteiger partial charge is 0.485 e. The molecule has 0 fully saturated rings. The Labute approximate surface area is 215 Å². The van der Waals surface area contributed by atoms with Crippen LogP contribution in [0.25, 0.3) is 10.9 Å². The molecule has 2 aromatic carbocycles. The maximum atomic E-state index is 13.2. The van der Waals surface area contributed by atoms with Crippen LogP contribution in [-0.2, 0) is 17.6 Å². The Hall–Kier alpha value is -2.90. The molecule has 1 aromatic heterocycles. The lowest BCUT2D eigenvalue weighted by Crippen LogP contribution is -2.51. The summed E-state index contributed by atoms with van der Waals surface area (Å²) in [5, 5.41) is 15.0. The number of halogens is 2. The molecule has 2 N–H and O–H groups in total. The topological polar surface area (TPSA) is 80.7 Å². The van der Waals surface area contributed by atoms with E-state index in [9.17, 15) is 14.3 Å². The molecule has 8 heteroatoms. The Balaban J connectivity index is 1.71. The van der Waals surface area contributed by atoms with E-state index in [1.807, 2.05) is 33.8 Å². The summed E-state index contributed by atoms with van der Waals surface area (Å²) in [5.74, 6) is 0.249. The van der Waals surface area contributed by atoms with Gasteiger partial charge < -0.3 is 19.9 Å². The Morgan fingerprint density at radius 3 is 2.53 bits per heavy atom. The maximum Gasteiger partial charge on any atom is 0.408 e. The highest BCUT2D eigenvalue weighted by Gasteiger charge is 2.45. The molecule has 0 saturated heterocycles. The predicted molar refractivity (Wildman–Crippen MR) is 138 cm³/mol.